The van der Waals surface area contributed by atoms with Crippen molar-refractivity contribution in [1.29, 1.82) is 0 Å². The minimum atomic E-state index is -2.82. The number of carboxylic acids is 1. The Labute approximate surface area is 98.2 Å². The molecule has 1 atom stereocenters. The Balaban J connectivity index is 2.88. The Bertz CT molecular complexity index is 402. The fraction of sp³-hybridized carbons (Fsp3) is 0.417. The minimum absolute atomic E-state index is 0.0571. The molecule has 0 aliphatic carbocycles. The van der Waals surface area contributed by atoms with Gasteiger partial charge in [0.25, 0.3) is 0 Å². The van der Waals surface area contributed by atoms with E-state index in [1.165, 1.54) is 0 Å². The van der Waals surface area contributed by atoms with Gasteiger partial charge in [-0.3, -0.25) is 4.79 Å². The van der Waals surface area contributed by atoms with Crippen LogP contribution >= 0.6 is 0 Å². The Kier molecular flexibility index (Phi) is 4.17. The number of alkyl halides is 2. The topological polar surface area (TPSA) is 63.3 Å². The van der Waals surface area contributed by atoms with Gasteiger partial charge < -0.3 is 10.8 Å². The second-order valence-electron chi connectivity index (χ2n) is 4.16. The number of carbonyl (C=O) groups is 1. The van der Waals surface area contributed by atoms with Crippen molar-refractivity contribution < 1.29 is 18.7 Å². The van der Waals surface area contributed by atoms with Crippen LogP contribution in [0, 0.1) is 0 Å². The van der Waals surface area contributed by atoms with Gasteiger partial charge in [-0.05, 0) is 24.5 Å². The lowest BCUT2D eigenvalue weighted by molar-refractivity contribution is -0.138. The molecule has 0 spiro atoms. The monoisotopic (exact) mass is 243 g/mol. The standard InChI is InChI=1S/C12H15F2NO2/c1-12(13,14)7-9-5-3-2-4-8(9)6-10(15)11(16)17/h2-5,10H,6-7,15H2,1H3,(H,16,17). The van der Waals surface area contributed by atoms with E-state index in [1.807, 2.05) is 0 Å². The number of benzene rings is 1. The second kappa shape index (κ2) is 5.23. The molecule has 0 saturated heterocycles. The zero-order valence-corrected chi connectivity index (χ0v) is 9.49. The first kappa shape index (κ1) is 13.6. The van der Waals surface area contributed by atoms with Crippen molar-refractivity contribution in [3.8, 4) is 0 Å². The van der Waals surface area contributed by atoms with Gasteiger partial charge in [0.1, 0.15) is 6.04 Å². The Hall–Kier alpha value is -1.49. The van der Waals surface area contributed by atoms with Gasteiger partial charge in [-0.2, -0.15) is 0 Å². The van der Waals surface area contributed by atoms with Crippen LogP contribution in [0.2, 0.25) is 0 Å². The summed E-state index contributed by atoms with van der Waals surface area (Å²) in [5.74, 6) is -3.95. The highest BCUT2D eigenvalue weighted by molar-refractivity contribution is 5.73. The highest BCUT2D eigenvalue weighted by Crippen LogP contribution is 2.22. The molecule has 0 aromatic heterocycles. The van der Waals surface area contributed by atoms with Crippen molar-refractivity contribution in [2.45, 2.75) is 31.7 Å². The number of carboxylic acid groups (broad SMARTS) is 1. The quantitative estimate of drug-likeness (QED) is 0.829. The Morgan fingerprint density at radius 1 is 1.41 bits per heavy atom. The van der Waals surface area contributed by atoms with E-state index >= 15 is 0 Å². The van der Waals surface area contributed by atoms with E-state index in [9.17, 15) is 13.6 Å². The third-order valence-electron chi connectivity index (χ3n) is 2.38. The van der Waals surface area contributed by atoms with Crippen molar-refractivity contribution in [3.63, 3.8) is 0 Å². The largest absolute Gasteiger partial charge is 0.480 e. The first-order chi connectivity index (χ1) is 7.79. The molecule has 1 rings (SSSR count). The molecule has 3 N–H and O–H groups in total. The van der Waals surface area contributed by atoms with E-state index < -0.39 is 24.4 Å². The average molecular weight is 243 g/mol. The molecule has 1 aromatic carbocycles. The van der Waals surface area contributed by atoms with E-state index in [-0.39, 0.29) is 6.42 Å². The second-order valence-corrected chi connectivity index (χ2v) is 4.16. The van der Waals surface area contributed by atoms with Crippen LogP contribution in [-0.2, 0) is 17.6 Å². The lowest BCUT2D eigenvalue weighted by Gasteiger charge is -2.15. The molecular formula is C12H15F2NO2. The summed E-state index contributed by atoms with van der Waals surface area (Å²) in [6, 6.07) is 5.46. The zero-order valence-electron chi connectivity index (χ0n) is 9.49. The number of rotatable bonds is 5. The molecule has 3 nitrogen and oxygen atoms in total. The Morgan fingerprint density at radius 3 is 2.41 bits per heavy atom. The summed E-state index contributed by atoms with van der Waals surface area (Å²) < 4.78 is 25.9. The summed E-state index contributed by atoms with van der Waals surface area (Å²) in [6.07, 6.45) is -0.350. The average Bonchev–Trinajstić information content (AvgIpc) is 2.18. The van der Waals surface area contributed by atoms with E-state index in [2.05, 4.69) is 0 Å². The van der Waals surface area contributed by atoms with Crippen molar-refractivity contribution in [2.75, 3.05) is 0 Å². The van der Waals surface area contributed by atoms with E-state index in [4.69, 9.17) is 10.8 Å². The number of aliphatic carboxylic acids is 1. The highest BCUT2D eigenvalue weighted by Gasteiger charge is 2.24. The number of halogens is 2. The molecule has 0 aliphatic rings. The molecule has 0 amide bonds. The van der Waals surface area contributed by atoms with Gasteiger partial charge in [0.05, 0.1) is 0 Å². The fourth-order valence-electron chi connectivity index (χ4n) is 1.59. The van der Waals surface area contributed by atoms with Crippen molar-refractivity contribution in [1.82, 2.24) is 0 Å². The molecule has 0 saturated carbocycles. The molecule has 94 valence electrons. The van der Waals surface area contributed by atoms with Gasteiger partial charge >= 0.3 is 5.97 Å². The summed E-state index contributed by atoms with van der Waals surface area (Å²) in [7, 11) is 0. The van der Waals surface area contributed by atoms with Crippen LogP contribution in [0.4, 0.5) is 8.78 Å². The van der Waals surface area contributed by atoms with Gasteiger partial charge in [-0.1, -0.05) is 24.3 Å². The zero-order chi connectivity index (χ0) is 13.1. The number of hydrogen-bond donors (Lipinski definition) is 2. The van der Waals surface area contributed by atoms with E-state index in [0.29, 0.717) is 11.1 Å². The summed E-state index contributed by atoms with van der Waals surface area (Å²) in [5, 5.41) is 8.69. The van der Waals surface area contributed by atoms with Gasteiger partial charge in [-0.15, -0.1) is 0 Å². The minimum Gasteiger partial charge on any atom is -0.480 e. The maximum absolute atomic E-state index is 12.9. The first-order valence-corrected chi connectivity index (χ1v) is 5.22. The predicted molar refractivity (Wildman–Crippen MR) is 60.1 cm³/mol. The van der Waals surface area contributed by atoms with Crippen LogP contribution < -0.4 is 5.73 Å². The molecule has 0 bridgehead atoms. The molecule has 0 radical (unpaired) electrons. The van der Waals surface area contributed by atoms with E-state index in [0.717, 1.165) is 6.92 Å². The number of hydrogen-bond acceptors (Lipinski definition) is 2. The normalized spacial score (nSPS) is 13.4. The molecule has 17 heavy (non-hydrogen) atoms. The molecule has 0 fully saturated rings. The maximum atomic E-state index is 12.9. The number of nitrogens with two attached hydrogens (primary N) is 1. The van der Waals surface area contributed by atoms with Crippen LogP contribution in [0.1, 0.15) is 18.1 Å². The molecule has 0 aliphatic heterocycles. The molecule has 5 heteroatoms. The van der Waals surface area contributed by atoms with Gasteiger partial charge in [0, 0.05) is 6.42 Å². The van der Waals surface area contributed by atoms with Gasteiger partial charge in [-0.25, -0.2) is 8.78 Å². The molecular weight excluding hydrogens is 228 g/mol. The van der Waals surface area contributed by atoms with Crippen LogP contribution in [0.25, 0.3) is 0 Å². The third-order valence-corrected chi connectivity index (χ3v) is 2.38. The van der Waals surface area contributed by atoms with E-state index in [1.54, 1.807) is 24.3 Å². The third kappa shape index (κ3) is 4.48. The van der Waals surface area contributed by atoms with Crippen LogP contribution in [0.5, 0.6) is 0 Å². The fourth-order valence-corrected chi connectivity index (χ4v) is 1.59. The van der Waals surface area contributed by atoms with Crippen molar-refractivity contribution in [3.05, 3.63) is 35.4 Å². The maximum Gasteiger partial charge on any atom is 0.320 e. The summed E-state index contributed by atoms with van der Waals surface area (Å²) in [4.78, 5) is 10.6. The SMILES string of the molecule is CC(F)(F)Cc1ccccc1CC(N)C(=O)O. The van der Waals surface area contributed by atoms with Crippen LogP contribution in [0.3, 0.4) is 0 Å². The molecule has 1 aromatic rings. The first-order valence-electron chi connectivity index (χ1n) is 5.22. The summed E-state index contributed by atoms with van der Waals surface area (Å²) in [6.45, 7) is 0.834. The lowest BCUT2D eigenvalue weighted by atomic mass is 9.97. The van der Waals surface area contributed by atoms with Gasteiger partial charge in [0.15, 0.2) is 0 Å². The van der Waals surface area contributed by atoms with Crippen molar-refractivity contribution in [2.24, 2.45) is 5.73 Å². The van der Waals surface area contributed by atoms with Crippen LogP contribution in [-0.4, -0.2) is 23.0 Å². The highest BCUT2D eigenvalue weighted by atomic mass is 19.3. The summed E-state index contributed by atoms with van der Waals surface area (Å²) >= 11 is 0. The van der Waals surface area contributed by atoms with Gasteiger partial charge in [0.2, 0.25) is 5.92 Å². The Morgan fingerprint density at radius 2 is 1.94 bits per heavy atom. The smallest absolute Gasteiger partial charge is 0.320 e. The van der Waals surface area contributed by atoms with Crippen LogP contribution in [0.15, 0.2) is 24.3 Å². The molecule has 0 heterocycles. The predicted octanol–water partition coefficient (Wildman–Crippen LogP) is 1.84. The van der Waals surface area contributed by atoms with Crippen molar-refractivity contribution >= 4 is 5.97 Å². The molecule has 1 unspecified atom stereocenters. The lowest BCUT2D eigenvalue weighted by Crippen LogP contribution is -2.32. The summed E-state index contributed by atoms with van der Waals surface area (Å²) in [5.41, 5.74) is 6.39.